The number of hydrogen-bond donors (Lipinski definition) is 1. The average Bonchev–Trinajstić information content (AvgIpc) is 2.83. The maximum absolute atomic E-state index is 4.93. The van der Waals surface area contributed by atoms with Crippen LogP contribution in [0.5, 0.6) is 0 Å². The Morgan fingerprint density at radius 3 is 2.52 bits per heavy atom. The van der Waals surface area contributed by atoms with Crippen LogP contribution in [0.2, 0.25) is 0 Å². The molecule has 0 fully saturated rings. The van der Waals surface area contributed by atoms with Crippen LogP contribution >= 0.6 is 11.3 Å². The molecule has 21 heavy (non-hydrogen) atoms. The maximum atomic E-state index is 4.93. The Kier molecular flexibility index (Phi) is 8.93. The lowest BCUT2D eigenvalue weighted by atomic mass is 10.2. The number of aromatic nitrogens is 1. The molecule has 0 atom stereocenters. The molecule has 122 valence electrons. The average molecular weight is 312 g/mol. The first-order valence-electron chi connectivity index (χ1n) is 8.56. The van der Waals surface area contributed by atoms with Crippen molar-refractivity contribution in [3.05, 3.63) is 10.6 Å². The predicted molar refractivity (Wildman–Crippen MR) is 95.4 cm³/mol. The number of rotatable bonds is 11. The minimum absolute atomic E-state index is 0.698. The van der Waals surface area contributed by atoms with Crippen LogP contribution < -0.4 is 10.2 Å². The van der Waals surface area contributed by atoms with E-state index in [1.54, 1.807) is 0 Å². The topological polar surface area (TPSA) is 28.2 Å². The zero-order chi connectivity index (χ0) is 15.7. The van der Waals surface area contributed by atoms with E-state index in [4.69, 9.17) is 4.98 Å². The quantitative estimate of drug-likeness (QED) is 0.653. The van der Waals surface area contributed by atoms with Gasteiger partial charge in [-0.2, -0.15) is 0 Å². The van der Waals surface area contributed by atoms with Crippen molar-refractivity contribution in [2.24, 2.45) is 5.92 Å². The monoisotopic (exact) mass is 311 g/mol. The van der Waals surface area contributed by atoms with E-state index in [1.807, 2.05) is 11.3 Å². The molecule has 0 aliphatic rings. The van der Waals surface area contributed by atoms with Gasteiger partial charge in [-0.15, -0.1) is 11.3 Å². The molecule has 1 aromatic heterocycles. The van der Waals surface area contributed by atoms with Crippen LogP contribution in [0, 0.1) is 5.92 Å². The van der Waals surface area contributed by atoms with Crippen molar-refractivity contribution in [2.45, 2.75) is 66.8 Å². The van der Waals surface area contributed by atoms with E-state index in [2.05, 4.69) is 44.8 Å². The number of anilines is 1. The SMILES string of the molecule is CCCCN(CC)c1nc(CCC)c(CNCC(C)C)s1. The van der Waals surface area contributed by atoms with E-state index >= 15 is 0 Å². The summed E-state index contributed by atoms with van der Waals surface area (Å²) >= 11 is 1.89. The Morgan fingerprint density at radius 1 is 1.19 bits per heavy atom. The van der Waals surface area contributed by atoms with Crippen LogP contribution in [-0.2, 0) is 13.0 Å². The number of nitrogens with zero attached hydrogens (tertiary/aromatic N) is 2. The van der Waals surface area contributed by atoms with E-state index in [-0.39, 0.29) is 0 Å². The summed E-state index contributed by atoms with van der Waals surface area (Å²) in [7, 11) is 0. The molecule has 3 nitrogen and oxygen atoms in total. The van der Waals surface area contributed by atoms with Crippen LogP contribution in [0.4, 0.5) is 5.13 Å². The first kappa shape index (κ1) is 18.4. The molecule has 0 unspecified atom stereocenters. The molecule has 0 saturated heterocycles. The molecule has 1 N–H and O–H groups in total. The van der Waals surface area contributed by atoms with Gasteiger partial charge in [0.25, 0.3) is 0 Å². The van der Waals surface area contributed by atoms with E-state index in [0.29, 0.717) is 5.92 Å². The van der Waals surface area contributed by atoms with Gasteiger partial charge in [0.2, 0.25) is 0 Å². The van der Waals surface area contributed by atoms with Gasteiger partial charge in [0.05, 0.1) is 5.69 Å². The predicted octanol–water partition coefficient (Wildman–Crippen LogP) is 4.47. The lowest BCUT2D eigenvalue weighted by Gasteiger charge is -2.19. The van der Waals surface area contributed by atoms with Crippen molar-refractivity contribution in [3.63, 3.8) is 0 Å². The molecule has 0 saturated carbocycles. The Labute approximate surface area is 135 Å². The van der Waals surface area contributed by atoms with E-state index in [1.165, 1.54) is 35.0 Å². The van der Waals surface area contributed by atoms with E-state index < -0.39 is 0 Å². The third-order valence-electron chi connectivity index (χ3n) is 3.53. The molecule has 0 aliphatic carbocycles. The molecule has 0 amide bonds. The number of aryl methyl sites for hydroxylation is 1. The van der Waals surface area contributed by atoms with Gasteiger partial charge in [-0.3, -0.25) is 0 Å². The zero-order valence-corrected chi connectivity index (χ0v) is 15.4. The summed E-state index contributed by atoms with van der Waals surface area (Å²) in [4.78, 5) is 8.79. The van der Waals surface area contributed by atoms with Crippen molar-refractivity contribution in [3.8, 4) is 0 Å². The second kappa shape index (κ2) is 10.2. The van der Waals surface area contributed by atoms with Gasteiger partial charge in [0.15, 0.2) is 5.13 Å². The van der Waals surface area contributed by atoms with Gasteiger partial charge in [-0.1, -0.05) is 40.5 Å². The van der Waals surface area contributed by atoms with E-state index in [9.17, 15) is 0 Å². The molecule has 0 bridgehead atoms. The van der Waals surface area contributed by atoms with Gasteiger partial charge in [0.1, 0.15) is 0 Å². The number of hydrogen-bond acceptors (Lipinski definition) is 4. The molecule has 1 heterocycles. The summed E-state index contributed by atoms with van der Waals surface area (Å²) in [5.41, 5.74) is 1.31. The number of unbranched alkanes of at least 4 members (excludes halogenated alkanes) is 1. The highest BCUT2D eigenvalue weighted by Crippen LogP contribution is 2.27. The lowest BCUT2D eigenvalue weighted by molar-refractivity contribution is 0.553. The van der Waals surface area contributed by atoms with Crippen LogP contribution in [-0.4, -0.2) is 24.6 Å². The van der Waals surface area contributed by atoms with Gasteiger partial charge < -0.3 is 10.2 Å². The fourth-order valence-corrected chi connectivity index (χ4v) is 3.45. The molecule has 1 aromatic rings. The van der Waals surface area contributed by atoms with Crippen LogP contribution in [0.3, 0.4) is 0 Å². The summed E-state index contributed by atoms with van der Waals surface area (Å²) in [6.07, 6.45) is 4.76. The Balaban J connectivity index is 2.76. The third-order valence-corrected chi connectivity index (χ3v) is 4.68. The molecule has 0 radical (unpaired) electrons. The number of thiazole rings is 1. The van der Waals surface area contributed by atoms with Crippen molar-refractivity contribution in [1.82, 2.24) is 10.3 Å². The Hall–Kier alpha value is -0.610. The highest BCUT2D eigenvalue weighted by Gasteiger charge is 2.14. The molecule has 1 rings (SSSR count). The number of nitrogens with one attached hydrogen (secondary N) is 1. The van der Waals surface area contributed by atoms with Crippen LogP contribution in [0.15, 0.2) is 0 Å². The largest absolute Gasteiger partial charge is 0.348 e. The van der Waals surface area contributed by atoms with Gasteiger partial charge in [-0.25, -0.2) is 4.98 Å². The van der Waals surface area contributed by atoms with Gasteiger partial charge >= 0.3 is 0 Å². The minimum Gasteiger partial charge on any atom is -0.348 e. The normalized spacial score (nSPS) is 11.3. The second-order valence-corrected chi connectivity index (χ2v) is 7.14. The highest BCUT2D eigenvalue weighted by molar-refractivity contribution is 7.15. The summed E-state index contributed by atoms with van der Waals surface area (Å²) in [5.74, 6) is 0.698. The maximum Gasteiger partial charge on any atom is 0.185 e. The zero-order valence-electron chi connectivity index (χ0n) is 14.5. The summed E-state index contributed by atoms with van der Waals surface area (Å²) in [5, 5.41) is 4.78. The highest BCUT2D eigenvalue weighted by atomic mass is 32.1. The smallest absolute Gasteiger partial charge is 0.185 e. The standard InChI is InChI=1S/C17H33N3S/c1-6-9-11-20(8-3)17-19-15(10-7-2)16(21-17)13-18-12-14(4)5/h14,18H,6-13H2,1-5H3. The third kappa shape index (κ3) is 6.35. The minimum atomic E-state index is 0.698. The summed E-state index contributed by atoms with van der Waals surface area (Å²) in [6, 6.07) is 0. The second-order valence-electron chi connectivity index (χ2n) is 6.07. The molecular weight excluding hydrogens is 278 g/mol. The fraction of sp³-hybridized carbons (Fsp3) is 0.824. The molecule has 0 spiro atoms. The fourth-order valence-electron chi connectivity index (χ4n) is 2.29. The van der Waals surface area contributed by atoms with Crippen molar-refractivity contribution in [1.29, 1.82) is 0 Å². The van der Waals surface area contributed by atoms with Crippen LogP contribution in [0.25, 0.3) is 0 Å². The lowest BCUT2D eigenvalue weighted by Crippen LogP contribution is -2.23. The van der Waals surface area contributed by atoms with Gasteiger partial charge in [0, 0.05) is 24.5 Å². The van der Waals surface area contributed by atoms with Crippen LogP contribution in [0.1, 0.15) is 64.5 Å². The van der Waals surface area contributed by atoms with Gasteiger partial charge in [-0.05, 0) is 32.2 Å². The Bertz CT molecular complexity index is 387. The van der Waals surface area contributed by atoms with Crippen molar-refractivity contribution >= 4 is 16.5 Å². The van der Waals surface area contributed by atoms with E-state index in [0.717, 1.165) is 32.6 Å². The molecule has 0 aliphatic heterocycles. The molecule has 0 aromatic carbocycles. The molecule has 4 heteroatoms. The molecular formula is C17H33N3S. The first-order valence-corrected chi connectivity index (χ1v) is 9.38. The van der Waals surface area contributed by atoms with Crippen molar-refractivity contribution < 1.29 is 0 Å². The summed E-state index contributed by atoms with van der Waals surface area (Å²) in [6.45, 7) is 15.4. The Morgan fingerprint density at radius 2 is 1.95 bits per heavy atom. The summed E-state index contributed by atoms with van der Waals surface area (Å²) < 4.78 is 0. The first-order chi connectivity index (χ1) is 10.1. The van der Waals surface area contributed by atoms with Crippen molar-refractivity contribution in [2.75, 3.05) is 24.5 Å².